The van der Waals surface area contributed by atoms with Crippen molar-refractivity contribution in [2.75, 3.05) is 0 Å². The van der Waals surface area contributed by atoms with E-state index < -0.39 is 0 Å². The predicted molar refractivity (Wildman–Crippen MR) is 94.3 cm³/mol. The van der Waals surface area contributed by atoms with E-state index in [2.05, 4.69) is 60.6 Å². The molecule has 0 heteroatoms. The molecule has 0 heterocycles. The van der Waals surface area contributed by atoms with Crippen molar-refractivity contribution < 1.29 is 0 Å². The minimum absolute atomic E-state index is 0.387. The molecular weight excluding hydrogens is 252 g/mol. The van der Waals surface area contributed by atoms with Crippen LogP contribution in [0.15, 0.2) is 12.2 Å². The van der Waals surface area contributed by atoms with Crippen molar-refractivity contribution in [2.24, 2.45) is 40.4 Å². The maximum Gasteiger partial charge on any atom is -0.0213 e. The van der Waals surface area contributed by atoms with Crippen LogP contribution in [0.5, 0.6) is 0 Å². The zero-order valence-electron chi connectivity index (χ0n) is 15.6. The fourth-order valence-corrected chi connectivity index (χ4v) is 5.23. The molecule has 0 bridgehead atoms. The van der Waals surface area contributed by atoms with E-state index in [-0.39, 0.29) is 0 Å². The lowest BCUT2D eigenvalue weighted by Gasteiger charge is -2.45. The van der Waals surface area contributed by atoms with E-state index >= 15 is 0 Å². The van der Waals surface area contributed by atoms with E-state index in [4.69, 9.17) is 0 Å². The summed E-state index contributed by atoms with van der Waals surface area (Å²) in [5, 5.41) is 0. The highest BCUT2D eigenvalue weighted by Crippen LogP contribution is 2.59. The minimum atomic E-state index is 0.387. The summed E-state index contributed by atoms with van der Waals surface area (Å²) in [4.78, 5) is 0. The van der Waals surface area contributed by atoms with Gasteiger partial charge in [-0.3, -0.25) is 0 Å². The SMILES string of the molecule is CC1CCC[C@@]2(C)C1CC[C@@H]2[C@@H](C)/C=C/[C@@H](C)C(C)(C)C. The maximum atomic E-state index is 2.61. The summed E-state index contributed by atoms with van der Waals surface area (Å²) in [5.41, 5.74) is 1.00. The van der Waals surface area contributed by atoms with Gasteiger partial charge in [0.25, 0.3) is 0 Å². The van der Waals surface area contributed by atoms with Crippen LogP contribution in [0.2, 0.25) is 0 Å². The summed E-state index contributed by atoms with van der Waals surface area (Å²) in [7, 11) is 0. The molecular formula is C21H38. The monoisotopic (exact) mass is 290 g/mol. The fourth-order valence-electron chi connectivity index (χ4n) is 5.23. The zero-order valence-corrected chi connectivity index (χ0v) is 15.6. The Morgan fingerprint density at radius 2 is 1.71 bits per heavy atom. The molecule has 2 aliphatic rings. The number of hydrogen-bond acceptors (Lipinski definition) is 0. The van der Waals surface area contributed by atoms with Crippen LogP contribution in [0.25, 0.3) is 0 Å². The van der Waals surface area contributed by atoms with Crippen LogP contribution in [0, 0.1) is 40.4 Å². The molecule has 2 aliphatic carbocycles. The number of rotatable bonds is 3. The molecule has 0 saturated heterocycles. The molecule has 2 rings (SSSR count). The lowest BCUT2D eigenvalue weighted by Crippen LogP contribution is -2.38. The van der Waals surface area contributed by atoms with Gasteiger partial charge >= 0.3 is 0 Å². The summed E-state index contributed by atoms with van der Waals surface area (Å²) < 4.78 is 0. The molecule has 0 aromatic carbocycles. The van der Waals surface area contributed by atoms with E-state index in [9.17, 15) is 0 Å². The highest BCUT2D eigenvalue weighted by atomic mass is 14.6. The topological polar surface area (TPSA) is 0 Å². The van der Waals surface area contributed by atoms with E-state index in [0.717, 1.165) is 23.7 Å². The first kappa shape index (κ1) is 17.1. The number of fused-ring (bicyclic) bond motifs is 1. The fraction of sp³-hybridized carbons (Fsp3) is 0.905. The van der Waals surface area contributed by atoms with Gasteiger partial charge in [-0.25, -0.2) is 0 Å². The zero-order chi connectivity index (χ0) is 15.8. The van der Waals surface area contributed by atoms with E-state index in [0.29, 0.717) is 16.7 Å². The van der Waals surface area contributed by atoms with Gasteiger partial charge in [0, 0.05) is 0 Å². The number of allylic oxidation sites excluding steroid dienone is 2. The Hall–Kier alpha value is -0.260. The van der Waals surface area contributed by atoms with Crippen LogP contribution in [-0.2, 0) is 0 Å². The van der Waals surface area contributed by atoms with Crippen molar-refractivity contribution >= 4 is 0 Å². The van der Waals surface area contributed by atoms with Crippen molar-refractivity contribution in [2.45, 2.75) is 80.6 Å². The third-order valence-corrected chi connectivity index (χ3v) is 7.25. The molecule has 2 unspecified atom stereocenters. The van der Waals surface area contributed by atoms with Crippen LogP contribution >= 0.6 is 0 Å². The molecule has 0 aliphatic heterocycles. The van der Waals surface area contributed by atoms with Crippen LogP contribution in [-0.4, -0.2) is 0 Å². The summed E-state index contributed by atoms with van der Waals surface area (Å²) in [6.07, 6.45) is 12.4. The average molecular weight is 291 g/mol. The molecule has 6 atom stereocenters. The quantitative estimate of drug-likeness (QED) is 0.506. The first-order valence-corrected chi connectivity index (χ1v) is 9.34. The molecule has 0 N–H and O–H groups in total. The second kappa shape index (κ2) is 6.09. The molecule has 0 aromatic rings. The van der Waals surface area contributed by atoms with Crippen molar-refractivity contribution in [1.29, 1.82) is 0 Å². The molecule has 0 amide bonds. The molecule has 0 aromatic heterocycles. The standard InChI is InChI=1S/C21H38/c1-15-9-8-14-21(7)18(15)12-13-19(21)16(2)10-11-17(3)20(4,5)6/h10-11,15-19H,8-9,12-14H2,1-7H3/b11-10+/t15?,16-,17+,18?,19+,21-/m0/s1. The minimum Gasteiger partial charge on any atom is -0.0851 e. The number of hydrogen-bond donors (Lipinski definition) is 0. The van der Waals surface area contributed by atoms with Crippen LogP contribution in [0.4, 0.5) is 0 Å². The third kappa shape index (κ3) is 3.40. The molecule has 2 saturated carbocycles. The van der Waals surface area contributed by atoms with Gasteiger partial charge in [0.2, 0.25) is 0 Å². The Kier molecular flexibility index (Phi) is 4.96. The lowest BCUT2D eigenvalue weighted by atomic mass is 9.60. The van der Waals surface area contributed by atoms with Gasteiger partial charge in [-0.1, -0.05) is 73.5 Å². The molecule has 0 nitrogen and oxygen atoms in total. The Balaban J connectivity index is 2.06. The summed E-state index contributed by atoms with van der Waals surface area (Å²) in [5.74, 6) is 4.27. The lowest BCUT2D eigenvalue weighted by molar-refractivity contribution is 0.0452. The van der Waals surface area contributed by atoms with Gasteiger partial charge < -0.3 is 0 Å². The van der Waals surface area contributed by atoms with Gasteiger partial charge in [-0.05, 0) is 59.7 Å². The van der Waals surface area contributed by atoms with Crippen LogP contribution in [0.1, 0.15) is 80.6 Å². The Morgan fingerprint density at radius 3 is 2.33 bits per heavy atom. The Labute approximate surface area is 133 Å². The second-order valence-electron chi connectivity index (χ2n) is 9.56. The highest BCUT2D eigenvalue weighted by Gasteiger charge is 2.50. The van der Waals surface area contributed by atoms with Crippen LogP contribution in [0.3, 0.4) is 0 Å². The normalized spacial score (nSPS) is 40.2. The van der Waals surface area contributed by atoms with Crippen molar-refractivity contribution in [1.82, 2.24) is 0 Å². The van der Waals surface area contributed by atoms with Crippen molar-refractivity contribution in [3.05, 3.63) is 12.2 Å². The third-order valence-electron chi connectivity index (χ3n) is 7.25. The highest BCUT2D eigenvalue weighted by molar-refractivity contribution is 5.05. The Morgan fingerprint density at radius 1 is 1.05 bits per heavy atom. The van der Waals surface area contributed by atoms with Gasteiger partial charge in [0.1, 0.15) is 0 Å². The van der Waals surface area contributed by atoms with E-state index in [1.165, 1.54) is 32.1 Å². The van der Waals surface area contributed by atoms with Gasteiger partial charge in [-0.15, -0.1) is 0 Å². The molecule has 2 fully saturated rings. The summed E-state index contributed by atoms with van der Waals surface area (Å²) in [6.45, 7) is 17.0. The smallest absolute Gasteiger partial charge is 0.0213 e. The molecule has 0 radical (unpaired) electrons. The second-order valence-corrected chi connectivity index (χ2v) is 9.56. The molecule has 122 valence electrons. The van der Waals surface area contributed by atoms with E-state index in [1.54, 1.807) is 0 Å². The maximum absolute atomic E-state index is 2.61. The Bertz CT molecular complexity index is 372. The van der Waals surface area contributed by atoms with Crippen molar-refractivity contribution in [3.63, 3.8) is 0 Å². The first-order chi connectivity index (χ1) is 9.66. The van der Waals surface area contributed by atoms with Crippen molar-refractivity contribution in [3.8, 4) is 0 Å². The molecule has 0 spiro atoms. The first-order valence-electron chi connectivity index (χ1n) is 9.34. The van der Waals surface area contributed by atoms with Gasteiger partial charge in [-0.2, -0.15) is 0 Å². The molecule has 21 heavy (non-hydrogen) atoms. The van der Waals surface area contributed by atoms with E-state index in [1.807, 2.05) is 0 Å². The average Bonchev–Trinajstić information content (AvgIpc) is 2.73. The summed E-state index contributed by atoms with van der Waals surface area (Å²) >= 11 is 0. The predicted octanol–water partition coefficient (Wildman–Crippen LogP) is 6.71. The van der Waals surface area contributed by atoms with Crippen LogP contribution < -0.4 is 0 Å². The largest absolute Gasteiger partial charge is 0.0851 e. The summed E-state index contributed by atoms with van der Waals surface area (Å²) in [6, 6.07) is 0. The van der Waals surface area contributed by atoms with Gasteiger partial charge in [0.05, 0.1) is 0 Å². The van der Waals surface area contributed by atoms with Gasteiger partial charge in [0.15, 0.2) is 0 Å².